The highest BCUT2D eigenvalue weighted by molar-refractivity contribution is 5.79. The minimum Gasteiger partial charge on any atom is -0.354 e. The largest absolute Gasteiger partial charge is 0.354 e. The number of likely N-dealkylation sites (tertiary alicyclic amines) is 1. The first-order valence-electron chi connectivity index (χ1n) is 11.4. The van der Waals surface area contributed by atoms with Crippen molar-refractivity contribution in [2.24, 2.45) is 11.8 Å². The van der Waals surface area contributed by atoms with Crippen LogP contribution in [-0.2, 0) is 16.1 Å². The molecule has 0 radical (unpaired) electrons. The van der Waals surface area contributed by atoms with Gasteiger partial charge in [-0.25, -0.2) is 0 Å². The minimum absolute atomic E-state index is 0.136. The Balaban J connectivity index is 1.27. The molecule has 1 saturated heterocycles. The Morgan fingerprint density at radius 3 is 2.52 bits per heavy atom. The number of nitrogens with one attached hydrogen (secondary N) is 2. The van der Waals surface area contributed by atoms with Crippen LogP contribution in [0.3, 0.4) is 0 Å². The molecule has 1 aliphatic heterocycles. The van der Waals surface area contributed by atoms with Crippen LogP contribution in [0.1, 0.15) is 62.5 Å². The van der Waals surface area contributed by atoms with Gasteiger partial charge < -0.3 is 10.6 Å². The molecule has 2 N–H and O–H groups in total. The number of nitrogens with zero attached hydrogens (tertiary/aromatic N) is 1. The molecule has 0 bridgehead atoms. The van der Waals surface area contributed by atoms with Crippen LogP contribution in [0.4, 0.5) is 0 Å². The number of hydrogen-bond acceptors (Lipinski definition) is 3. The molecule has 0 aromatic heterocycles. The average Bonchev–Trinajstić information content (AvgIpc) is 3.39. The Morgan fingerprint density at radius 2 is 1.83 bits per heavy atom. The predicted molar refractivity (Wildman–Crippen MR) is 114 cm³/mol. The van der Waals surface area contributed by atoms with Crippen LogP contribution in [0, 0.1) is 18.8 Å². The van der Waals surface area contributed by atoms with E-state index in [1.807, 2.05) is 6.07 Å². The van der Waals surface area contributed by atoms with Crippen LogP contribution in [0.15, 0.2) is 24.3 Å². The van der Waals surface area contributed by atoms with E-state index in [-0.39, 0.29) is 17.7 Å². The molecule has 5 heteroatoms. The zero-order valence-corrected chi connectivity index (χ0v) is 17.7. The lowest BCUT2D eigenvalue weighted by Crippen LogP contribution is -2.47. The first kappa shape index (κ1) is 20.4. The van der Waals surface area contributed by atoms with Gasteiger partial charge in [0.25, 0.3) is 0 Å². The summed E-state index contributed by atoms with van der Waals surface area (Å²) in [6, 6.07) is 8.98. The first-order chi connectivity index (χ1) is 14.1. The fourth-order valence-electron chi connectivity index (χ4n) is 4.69. The van der Waals surface area contributed by atoms with Gasteiger partial charge in [0.15, 0.2) is 0 Å². The lowest BCUT2D eigenvalue weighted by atomic mass is 9.85. The van der Waals surface area contributed by atoms with Gasteiger partial charge in [-0.15, -0.1) is 0 Å². The van der Waals surface area contributed by atoms with Gasteiger partial charge in [-0.3, -0.25) is 14.5 Å². The van der Waals surface area contributed by atoms with Gasteiger partial charge in [-0.2, -0.15) is 0 Å². The molecular weight excluding hydrogens is 362 g/mol. The molecule has 1 aromatic rings. The number of carbonyl (C=O) groups excluding carboxylic acids is 2. The van der Waals surface area contributed by atoms with Crippen LogP contribution in [0.25, 0.3) is 0 Å². The summed E-state index contributed by atoms with van der Waals surface area (Å²) in [6.07, 6.45) is 8.59. The quantitative estimate of drug-likeness (QED) is 0.673. The van der Waals surface area contributed by atoms with E-state index in [1.54, 1.807) is 0 Å². The highest BCUT2D eigenvalue weighted by atomic mass is 16.2. The van der Waals surface area contributed by atoms with E-state index in [0.29, 0.717) is 25.0 Å². The van der Waals surface area contributed by atoms with Gasteiger partial charge in [0.05, 0.1) is 0 Å². The van der Waals surface area contributed by atoms with Crippen LogP contribution >= 0.6 is 0 Å². The second kappa shape index (κ2) is 9.29. The fraction of sp³-hybridized carbons (Fsp3) is 0.667. The summed E-state index contributed by atoms with van der Waals surface area (Å²) in [4.78, 5) is 27.4. The van der Waals surface area contributed by atoms with Gasteiger partial charge in [0, 0.05) is 44.1 Å². The maximum atomic E-state index is 12.6. The number of hydrogen-bond donors (Lipinski definition) is 2. The third kappa shape index (κ3) is 5.59. The molecule has 3 fully saturated rings. The van der Waals surface area contributed by atoms with Crippen molar-refractivity contribution in [2.45, 2.75) is 76.9 Å². The van der Waals surface area contributed by atoms with Crippen molar-refractivity contribution in [1.29, 1.82) is 0 Å². The van der Waals surface area contributed by atoms with Crippen molar-refractivity contribution in [1.82, 2.24) is 15.5 Å². The van der Waals surface area contributed by atoms with Crippen molar-refractivity contribution in [3.8, 4) is 0 Å². The maximum absolute atomic E-state index is 12.6. The van der Waals surface area contributed by atoms with E-state index in [0.717, 1.165) is 50.3 Å². The first-order valence-corrected chi connectivity index (χ1v) is 11.4. The lowest BCUT2D eigenvalue weighted by Gasteiger charge is -2.31. The summed E-state index contributed by atoms with van der Waals surface area (Å²) in [5.41, 5.74) is 2.37. The van der Waals surface area contributed by atoms with Gasteiger partial charge in [-0.05, 0) is 56.9 Å². The van der Waals surface area contributed by atoms with Crippen LogP contribution in [0.2, 0.25) is 0 Å². The van der Waals surface area contributed by atoms with Crippen LogP contribution in [0.5, 0.6) is 0 Å². The van der Waals surface area contributed by atoms with E-state index >= 15 is 0 Å². The van der Waals surface area contributed by atoms with Crippen molar-refractivity contribution in [2.75, 3.05) is 13.1 Å². The van der Waals surface area contributed by atoms with E-state index in [9.17, 15) is 9.59 Å². The van der Waals surface area contributed by atoms with E-state index < -0.39 is 0 Å². The van der Waals surface area contributed by atoms with E-state index in [1.165, 1.54) is 24.8 Å². The molecule has 1 aromatic carbocycles. The smallest absolute Gasteiger partial charge is 0.223 e. The Hall–Kier alpha value is -1.88. The normalized spacial score (nSPS) is 24.9. The molecule has 2 aliphatic carbocycles. The van der Waals surface area contributed by atoms with Crippen molar-refractivity contribution in [3.05, 3.63) is 35.4 Å². The number of benzene rings is 1. The summed E-state index contributed by atoms with van der Waals surface area (Å²) >= 11 is 0. The number of aryl methyl sites for hydroxylation is 1. The molecule has 0 spiro atoms. The summed E-state index contributed by atoms with van der Waals surface area (Å²) in [7, 11) is 0. The summed E-state index contributed by atoms with van der Waals surface area (Å²) < 4.78 is 0. The molecule has 2 atom stereocenters. The lowest BCUT2D eigenvalue weighted by molar-refractivity contribution is -0.127. The molecule has 0 unspecified atom stereocenters. The Bertz CT molecular complexity index is 727. The average molecular weight is 398 g/mol. The molecule has 4 rings (SSSR count). The Kier molecular flexibility index (Phi) is 6.53. The monoisotopic (exact) mass is 397 g/mol. The molecule has 5 nitrogen and oxygen atoms in total. The Labute approximate surface area is 174 Å². The molecule has 3 aliphatic rings. The van der Waals surface area contributed by atoms with Crippen molar-refractivity contribution < 1.29 is 9.59 Å². The van der Waals surface area contributed by atoms with Gasteiger partial charge in [0.1, 0.15) is 0 Å². The van der Waals surface area contributed by atoms with Crippen molar-refractivity contribution in [3.63, 3.8) is 0 Å². The standard InChI is InChI=1S/C24H35N3O2/c1-17-4-2-5-19(12-17)14-25-23(28)13-21-10-11-22(27(21)16-18-8-9-18)15-26-24(29)20-6-3-7-20/h2,4-5,12,18,20-22H,3,6-11,13-16H2,1H3,(H,25,28)(H,26,29)/t21-,22+/m1/s1. The highest BCUT2D eigenvalue weighted by Crippen LogP contribution is 2.35. The van der Waals surface area contributed by atoms with Crippen molar-refractivity contribution >= 4 is 11.8 Å². The molecule has 2 saturated carbocycles. The van der Waals surface area contributed by atoms with E-state index in [4.69, 9.17) is 0 Å². The van der Waals surface area contributed by atoms with Gasteiger partial charge in [-0.1, -0.05) is 36.2 Å². The van der Waals surface area contributed by atoms with Gasteiger partial charge >= 0.3 is 0 Å². The number of carbonyl (C=O) groups is 2. The van der Waals surface area contributed by atoms with Crippen LogP contribution < -0.4 is 10.6 Å². The predicted octanol–water partition coefficient (Wildman–Crippen LogP) is 3.16. The summed E-state index contributed by atoms with van der Waals surface area (Å²) in [5, 5.41) is 6.30. The third-order valence-electron chi connectivity index (χ3n) is 6.92. The zero-order chi connectivity index (χ0) is 20.2. The molecule has 29 heavy (non-hydrogen) atoms. The zero-order valence-electron chi connectivity index (χ0n) is 17.7. The molecule has 158 valence electrons. The second-order valence-electron chi connectivity index (χ2n) is 9.37. The second-order valence-corrected chi connectivity index (χ2v) is 9.37. The topological polar surface area (TPSA) is 61.4 Å². The third-order valence-corrected chi connectivity index (χ3v) is 6.92. The van der Waals surface area contributed by atoms with Crippen LogP contribution in [-0.4, -0.2) is 41.9 Å². The highest BCUT2D eigenvalue weighted by Gasteiger charge is 2.38. The summed E-state index contributed by atoms with van der Waals surface area (Å²) in [5.74, 6) is 1.41. The number of amides is 2. The molecule has 2 amide bonds. The number of rotatable bonds is 9. The summed E-state index contributed by atoms with van der Waals surface area (Å²) in [6.45, 7) is 4.49. The minimum atomic E-state index is 0.136. The Morgan fingerprint density at radius 1 is 1.03 bits per heavy atom. The maximum Gasteiger partial charge on any atom is 0.223 e. The van der Waals surface area contributed by atoms with E-state index in [2.05, 4.69) is 40.7 Å². The fourth-order valence-corrected chi connectivity index (χ4v) is 4.69. The SMILES string of the molecule is Cc1cccc(CNC(=O)C[C@H]2CC[C@@H](CNC(=O)C3CCC3)N2CC2CC2)c1. The molecular formula is C24H35N3O2. The molecule has 1 heterocycles. The van der Waals surface area contributed by atoms with Gasteiger partial charge in [0.2, 0.25) is 11.8 Å².